The standard InChI is InChI=1S/C9H16N2O2/c1-2-4-10-9(13)7-11-5-3-8(12)6-11/h2,8,12H,1,3-7H2,(H,10,13)/t8-/m1/s1. The summed E-state index contributed by atoms with van der Waals surface area (Å²) in [6.45, 7) is 5.82. The number of nitrogens with one attached hydrogen (secondary N) is 1. The number of rotatable bonds is 4. The van der Waals surface area contributed by atoms with Crippen molar-refractivity contribution >= 4 is 5.91 Å². The number of aliphatic hydroxyl groups is 1. The van der Waals surface area contributed by atoms with Gasteiger partial charge in [0.05, 0.1) is 12.6 Å². The van der Waals surface area contributed by atoms with E-state index in [0.717, 1.165) is 13.0 Å². The zero-order valence-corrected chi connectivity index (χ0v) is 7.70. The summed E-state index contributed by atoms with van der Waals surface area (Å²) in [5, 5.41) is 11.9. The molecule has 0 aromatic heterocycles. The highest BCUT2D eigenvalue weighted by molar-refractivity contribution is 5.78. The van der Waals surface area contributed by atoms with Crippen molar-refractivity contribution in [3.05, 3.63) is 12.7 Å². The smallest absolute Gasteiger partial charge is 0.234 e. The maximum atomic E-state index is 11.2. The van der Waals surface area contributed by atoms with E-state index in [4.69, 9.17) is 0 Å². The number of carbonyl (C=O) groups excluding carboxylic acids is 1. The molecule has 0 bridgehead atoms. The van der Waals surface area contributed by atoms with Crippen LogP contribution in [0.1, 0.15) is 6.42 Å². The van der Waals surface area contributed by atoms with Gasteiger partial charge in [0, 0.05) is 19.6 Å². The molecule has 0 spiro atoms. The van der Waals surface area contributed by atoms with Crippen LogP contribution in [0.15, 0.2) is 12.7 Å². The number of carbonyl (C=O) groups is 1. The van der Waals surface area contributed by atoms with Crippen LogP contribution < -0.4 is 5.32 Å². The van der Waals surface area contributed by atoms with Gasteiger partial charge in [-0.1, -0.05) is 6.08 Å². The molecule has 1 rings (SSSR count). The van der Waals surface area contributed by atoms with Crippen molar-refractivity contribution in [1.82, 2.24) is 10.2 Å². The summed E-state index contributed by atoms with van der Waals surface area (Å²) in [5.74, 6) is -0.00556. The highest BCUT2D eigenvalue weighted by atomic mass is 16.3. The monoisotopic (exact) mass is 184 g/mol. The minimum atomic E-state index is -0.257. The first-order valence-corrected chi connectivity index (χ1v) is 4.50. The van der Waals surface area contributed by atoms with Gasteiger partial charge in [0.2, 0.25) is 5.91 Å². The van der Waals surface area contributed by atoms with Crippen molar-refractivity contribution < 1.29 is 9.90 Å². The van der Waals surface area contributed by atoms with E-state index in [-0.39, 0.29) is 12.0 Å². The molecule has 1 saturated heterocycles. The Labute approximate surface area is 78.2 Å². The van der Waals surface area contributed by atoms with E-state index in [2.05, 4.69) is 11.9 Å². The van der Waals surface area contributed by atoms with E-state index in [9.17, 15) is 9.90 Å². The third-order valence-corrected chi connectivity index (χ3v) is 2.06. The Kier molecular flexibility index (Phi) is 3.92. The Hall–Kier alpha value is -0.870. The van der Waals surface area contributed by atoms with Gasteiger partial charge in [0.15, 0.2) is 0 Å². The average Bonchev–Trinajstić information content (AvgIpc) is 2.48. The van der Waals surface area contributed by atoms with Crippen molar-refractivity contribution in [2.75, 3.05) is 26.2 Å². The first-order valence-electron chi connectivity index (χ1n) is 4.50. The van der Waals surface area contributed by atoms with Gasteiger partial charge in [0.1, 0.15) is 0 Å². The molecule has 1 amide bonds. The van der Waals surface area contributed by atoms with E-state index in [1.165, 1.54) is 0 Å². The lowest BCUT2D eigenvalue weighted by atomic mass is 10.3. The maximum Gasteiger partial charge on any atom is 0.234 e. The highest BCUT2D eigenvalue weighted by Gasteiger charge is 2.21. The number of β-amino-alcohol motifs (C(OH)–C–C–N with tert-alkyl or cyclic N) is 1. The van der Waals surface area contributed by atoms with Crippen LogP contribution in [0.25, 0.3) is 0 Å². The SMILES string of the molecule is C=CCNC(=O)CN1CC[C@@H](O)C1. The number of aliphatic hydroxyl groups excluding tert-OH is 1. The van der Waals surface area contributed by atoms with Gasteiger partial charge < -0.3 is 10.4 Å². The molecule has 0 aliphatic carbocycles. The van der Waals surface area contributed by atoms with Crippen LogP contribution in [0, 0.1) is 0 Å². The molecule has 4 nitrogen and oxygen atoms in total. The molecule has 0 saturated carbocycles. The number of hydrogen-bond donors (Lipinski definition) is 2. The van der Waals surface area contributed by atoms with Crippen LogP contribution in [0.3, 0.4) is 0 Å². The molecule has 1 atom stereocenters. The van der Waals surface area contributed by atoms with E-state index >= 15 is 0 Å². The molecule has 74 valence electrons. The summed E-state index contributed by atoms with van der Waals surface area (Å²) in [6.07, 6.45) is 2.16. The van der Waals surface area contributed by atoms with Gasteiger partial charge in [0.25, 0.3) is 0 Å². The maximum absolute atomic E-state index is 11.2. The Morgan fingerprint density at radius 2 is 2.54 bits per heavy atom. The molecule has 13 heavy (non-hydrogen) atoms. The van der Waals surface area contributed by atoms with Crippen LogP contribution in [0.5, 0.6) is 0 Å². The van der Waals surface area contributed by atoms with Crippen molar-refractivity contribution in [2.45, 2.75) is 12.5 Å². The summed E-state index contributed by atoms with van der Waals surface area (Å²) >= 11 is 0. The number of nitrogens with zero attached hydrogens (tertiary/aromatic N) is 1. The Bertz CT molecular complexity index is 194. The van der Waals surface area contributed by atoms with Gasteiger partial charge in [-0.3, -0.25) is 9.69 Å². The summed E-state index contributed by atoms with van der Waals surface area (Å²) in [5.41, 5.74) is 0. The third kappa shape index (κ3) is 3.57. The fourth-order valence-electron chi connectivity index (χ4n) is 1.40. The number of hydrogen-bond acceptors (Lipinski definition) is 3. The van der Waals surface area contributed by atoms with Crippen LogP contribution in [-0.4, -0.2) is 48.2 Å². The molecule has 2 N–H and O–H groups in total. The normalized spacial score (nSPS) is 23.0. The van der Waals surface area contributed by atoms with Gasteiger partial charge in [-0.15, -0.1) is 6.58 Å². The lowest BCUT2D eigenvalue weighted by Crippen LogP contribution is -2.36. The second kappa shape index (κ2) is 4.99. The lowest BCUT2D eigenvalue weighted by molar-refractivity contribution is -0.121. The van der Waals surface area contributed by atoms with Crippen LogP contribution >= 0.6 is 0 Å². The Morgan fingerprint density at radius 3 is 3.08 bits per heavy atom. The third-order valence-electron chi connectivity index (χ3n) is 2.06. The van der Waals surface area contributed by atoms with Crippen LogP contribution in [0.4, 0.5) is 0 Å². The lowest BCUT2D eigenvalue weighted by Gasteiger charge is -2.13. The minimum absolute atomic E-state index is 0.00556. The van der Waals surface area contributed by atoms with Gasteiger partial charge in [-0.2, -0.15) is 0 Å². The molecule has 1 heterocycles. The fraction of sp³-hybridized carbons (Fsp3) is 0.667. The van der Waals surface area contributed by atoms with Crippen molar-refractivity contribution in [3.8, 4) is 0 Å². The molecular formula is C9H16N2O2. The molecule has 0 aromatic carbocycles. The molecule has 0 radical (unpaired) electrons. The zero-order chi connectivity index (χ0) is 9.68. The topological polar surface area (TPSA) is 52.6 Å². The summed E-state index contributed by atoms with van der Waals surface area (Å²) < 4.78 is 0. The van der Waals surface area contributed by atoms with Crippen molar-refractivity contribution in [1.29, 1.82) is 0 Å². The first-order chi connectivity index (χ1) is 6.22. The van der Waals surface area contributed by atoms with E-state index < -0.39 is 0 Å². The minimum Gasteiger partial charge on any atom is -0.392 e. The Morgan fingerprint density at radius 1 is 1.77 bits per heavy atom. The second-order valence-electron chi connectivity index (χ2n) is 3.27. The van der Waals surface area contributed by atoms with E-state index in [0.29, 0.717) is 19.6 Å². The average molecular weight is 184 g/mol. The predicted octanol–water partition coefficient (Wildman–Crippen LogP) is -0.645. The number of likely N-dealkylation sites (tertiary alicyclic amines) is 1. The second-order valence-corrected chi connectivity index (χ2v) is 3.27. The van der Waals surface area contributed by atoms with E-state index in [1.54, 1.807) is 6.08 Å². The predicted molar refractivity (Wildman–Crippen MR) is 50.3 cm³/mol. The number of amides is 1. The molecule has 4 heteroatoms. The van der Waals surface area contributed by atoms with Crippen molar-refractivity contribution in [3.63, 3.8) is 0 Å². The van der Waals surface area contributed by atoms with Gasteiger partial charge >= 0.3 is 0 Å². The summed E-state index contributed by atoms with van der Waals surface area (Å²) in [6, 6.07) is 0. The molecule has 0 aromatic rings. The van der Waals surface area contributed by atoms with Crippen LogP contribution in [-0.2, 0) is 4.79 Å². The van der Waals surface area contributed by atoms with Gasteiger partial charge in [-0.05, 0) is 6.42 Å². The quantitative estimate of drug-likeness (QED) is 0.571. The fourth-order valence-corrected chi connectivity index (χ4v) is 1.40. The molecule has 0 unspecified atom stereocenters. The van der Waals surface area contributed by atoms with Gasteiger partial charge in [-0.25, -0.2) is 0 Å². The molecule has 1 aliphatic heterocycles. The summed E-state index contributed by atoms with van der Waals surface area (Å²) in [7, 11) is 0. The van der Waals surface area contributed by atoms with E-state index in [1.807, 2.05) is 4.90 Å². The zero-order valence-electron chi connectivity index (χ0n) is 7.70. The molecule has 1 fully saturated rings. The Balaban J connectivity index is 2.16. The van der Waals surface area contributed by atoms with Crippen LogP contribution in [0.2, 0.25) is 0 Å². The first kappa shape index (κ1) is 10.2. The highest BCUT2D eigenvalue weighted by Crippen LogP contribution is 2.07. The molecule has 1 aliphatic rings. The van der Waals surface area contributed by atoms with Crippen molar-refractivity contribution in [2.24, 2.45) is 0 Å². The molecular weight excluding hydrogens is 168 g/mol. The largest absolute Gasteiger partial charge is 0.392 e. The summed E-state index contributed by atoms with van der Waals surface area (Å²) in [4.78, 5) is 13.1.